The van der Waals surface area contributed by atoms with Gasteiger partial charge in [-0.05, 0) is 47.9 Å². The smallest absolute Gasteiger partial charge is 0.397 e. The van der Waals surface area contributed by atoms with Crippen molar-refractivity contribution in [2.45, 2.75) is 9.79 Å². The molecule has 0 unspecified atom stereocenters. The minimum Gasteiger partial charge on any atom is -0.507 e. The third-order valence-electron chi connectivity index (χ3n) is 4.69. The monoisotopic (exact) mass is 625 g/mol. The van der Waals surface area contributed by atoms with Crippen LogP contribution in [0.1, 0.15) is 0 Å². The maximum Gasteiger partial charge on any atom is 0.397 e. The molecule has 0 aromatic heterocycles. The first kappa shape index (κ1) is 30.6. The lowest BCUT2D eigenvalue weighted by molar-refractivity contribution is -0.432. The van der Waals surface area contributed by atoms with Crippen molar-refractivity contribution in [1.82, 2.24) is 0 Å². The molecule has 16 nitrogen and oxygen atoms in total. The first-order chi connectivity index (χ1) is 18.2. The summed E-state index contributed by atoms with van der Waals surface area (Å²) in [6.07, 6.45) is 0. The van der Waals surface area contributed by atoms with E-state index >= 15 is 0 Å². The Bertz CT molecular complexity index is 1690. The van der Waals surface area contributed by atoms with E-state index in [1.807, 2.05) is 0 Å². The van der Waals surface area contributed by atoms with Crippen LogP contribution in [0, 0.1) is 0 Å². The second kappa shape index (κ2) is 12.5. The number of benzene rings is 3. The molecule has 0 saturated carbocycles. The van der Waals surface area contributed by atoms with Gasteiger partial charge in [0.1, 0.15) is 17.3 Å². The second-order valence-corrected chi connectivity index (χ2v) is 12.8. The average molecular weight is 626 g/mol. The number of hydrogen-bond donors (Lipinski definition) is 5. The zero-order valence-corrected chi connectivity index (χ0v) is 22.5. The van der Waals surface area contributed by atoms with E-state index in [0.717, 1.165) is 0 Å². The van der Waals surface area contributed by atoms with Gasteiger partial charge in [0.2, 0.25) is 0 Å². The van der Waals surface area contributed by atoms with E-state index in [1.165, 1.54) is 48.5 Å². The van der Waals surface area contributed by atoms with Crippen LogP contribution in [0.15, 0.2) is 68.6 Å². The van der Waals surface area contributed by atoms with Crippen molar-refractivity contribution in [3.05, 3.63) is 48.5 Å². The Labute approximate surface area is 225 Å². The lowest BCUT2D eigenvalue weighted by Crippen LogP contribution is -2.15. The Balaban J connectivity index is 1.95. The summed E-state index contributed by atoms with van der Waals surface area (Å²) in [5.41, 5.74) is 0.164. The maximum absolute atomic E-state index is 12.3. The van der Waals surface area contributed by atoms with Crippen LogP contribution in [0.5, 0.6) is 5.75 Å². The molecular formula is C19H19N3O13S4. The van der Waals surface area contributed by atoms with Gasteiger partial charge >= 0.3 is 10.4 Å². The molecule has 3 rings (SSSR count). The van der Waals surface area contributed by atoms with Crippen LogP contribution >= 0.6 is 12.0 Å². The van der Waals surface area contributed by atoms with Crippen LogP contribution in [0.4, 0.5) is 17.1 Å². The maximum atomic E-state index is 12.3. The molecule has 0 bridgehead atoms. The summed E-state index contributed by atoms with van der Waals surface area (Å²) in [5.74, 6) is -1.96. The Morgan fingerprint density at radius 1 is 0.923 bits per heavy atom. The van der Waals surface area contributed by atoms with E-state index in [0.29, 0.717) is 22.3 Å². The molecule has 0 saturated heterocycles. The molecule has 0 heterocycles. The third-order valence-corrected chi connectivity index (χ3v) is 7.92. The normalized spacial score (nSPS) is 12.8. The Morgan fingerprint density at radius 2 is 1.62 bits per heavy atom. The average Bonchev–Trinajstić information content (AvgIpc) is 2.83. The number of nitrogens with one attached hydrogen (secondary N) is 1. The van der Waals surface area contributed by atoms with Crippen LogP contribution in [-0.2, 0) is 43.9 Å². The first-order valence-electron chi connectivity index (χ1n) is 10.2. The highest BCUT2D eigenvalue weighted by atomic mass is 32.3. The summed E-state index contributed by atoms with van der Waals surface area (Å²) in [6.45, 7) is -0.800. The van der Waals surface area contributed by atoms with E-state index in [9.17, 15) is 30.4 Å². The van der Waals surface area contributed by atoms with Crippen LogP contribution in [0.25, 0.3) is 10.8 Å². The van der Waals surface area contributed by atoms with Gasteiger partial charge < -0.3 is 10.4 Å². The predicted molar refractivity (Wildman–Crippen MR) is 136 cm³/mol. The zero-order valence-electron chi connectivity index (χ0n) is 19.2. The summed E-state index contributed by atoms with van der Waals surface area (Å²) in [7, 11) is -13.2. The SMILES string of the molecule is O=S(=O)(O)CNc1ccc2cc(SOOO)cc(O)c2c1N=Nc1ccc(S(=O)(=O)CCOS(=O)(=O)O)cc1. The molecule has 0 aliphatic rings. The van der Waals surface area contributed by atoms with Crippen molar-refractivity contribution in [1.29, 1.82) is 0 Å². The molecule has 212 valence electrons. The lowest BCUT2D eigenvalue weighted by atomic mass is 10.1. The van der Waals surface area contributed by atoms with Crippen molar-refractivity contribution in [2.75, 3.05) is 23.6 Å². The molecule has 0 atom stereocenters. The molecule has 20 heteroatoms. The second-order valence-electron chi connectivity index (χ2n) is 7.39. The van der Waals surface area contributed by atoms with Gasteiger partial charge in [-0.25, -0.2) is 17.9 Å². The topological polar surface area (TPSA) is 248 Å². The van der Waals surface area contributed by atoms with Crippen molar-refractivity contribution >= 4 is 70.2 Å². The fourth-order valence-electron chi connectivity index (χ4n) is 3.11. The highest BCUT2D eigenvalue weighted by Gasteiger charge is 2.18. The number of azo groups is 1. The molecule has 0 amide bonds. The van der Waals surface area contributed by atoms with Crippen molar-refractivity contribution in [3.8, 4) is 5.75 Å². The number of aromatic hydroxyl groups is 1. The van der Waals surface area contributed by atoms with E-state index < -0.39 is 48.6 Å². The summed E-state index contributed by atoms with van der Waals surface area (Å²) in [5, 5.41) is 33.6. The van der Waals surface area contributed by atoms with Gasteiger partial charge in [-0.15, -0.1) is 9.45 Å². The highest BCUT2D eigenvalue weighted by Crippen LogP contribution is 2.42. The minimum atomic E-state index is -4.80. The summed E-state index contributed by atoms with van der Waals surface area (Å²) in [6, 6.07) is 10.6. The molecule has 3 aromatic carbocycles. The lowest BCUT2D eigenvalue weighted by Gasteiger charge is -2.12. The third kappa shape index (κ3) is 9.06. The Morgan fingerprint density at radius 3 is 2.23 bits per heavy atom. The van der Waals surface area contributed by atoms with E-state index in [1.54, 1.807) is 0 Å². The van der Waals surface area contributed by atoms with Crippen molar-refractivity contribution in [3.63, 3.8) is 0 Å². The van der Waals surface area contributed by atoms with E-state index in [2.05, 4.69) is 29.1 Å². The minimum absolute atomic E-state index is 0.0383. The zero-order chi connectivity index (χ0) is 28.8. The van der Waals surface area contributed by atoms with Gasteiger partial charge in [0.25, 0.3) is 10.1 Å². The largest absolute Gasteiger partial charge is 0.507 e. The number of hydrogen-bond acceptors (Lipinski definition) is 15. The van der Waals surface area contributed by atoms with Gasteiger partial charge in [-0.2, -0.15) is 21.9 Å². The molecule has 5 N–H and O–H groups in total. The van der Waals surface area contributed by atoms with Gasteiger partial charge in [0, 0.05) is 4.90 Å². The molecule has 0 aliphatic carbocycles. The molecular weight excluding hydrogens is 606 g/mol. The number of nitrogens with zero attached hydrogens (tertiary/aromatic N) is 2. The van der Waals surface area contributed by atoms with Gasteiger partial charge in [-0.1, -0.05) is 11.1 Å². The summed E-state index contributed by atoms with van der Waals surface area (Å²) >= 11 is 0.579. The molecule has 39 heavy (non-hydrogen) atoms. The Kier molecular flexibility index (Phi) is 9.82. The summed E-state index contributed by atoms with van der Waals surface area (Å²) < 4.78 is 94.4. The highest BCUT2D eigenvalue weighted by molar-refractivity contribution is 7.94. The molecule has 3 aromatic rings. The van der Waals surface area contributed by atoms with Crippen molar-refractivity contribution in [2.24, 2.45) is 10.2 Å². The number of phenolic OH excluding ortho intramolecular Hbond substituents is 1. The quantitative estimate of drug-likeness (QED) is 0.0601. The van der Waals surface area contributed by atoms with Crippen LogP contribution in [-0.4, -0.2) is 63.0 Å². The first-order valence-corrected chi connectivity index (χ1v) is 15.6. The summed E-state index contributed by atoms with van der Waals surface area (Å²) in [4.78, 5) is 0.118. The number of anilines is 1. The van der Waals surface area contributed by atoms with Crippen LogP contribution in [0.3, 0.4) is 0 Å². The van der Waals surface area contributed by atoms with Gasteiger partial charge in [0.05, 0.1) is 46.1 Å². The number of rotatable bonds is 13. The molecule has 0 radical (unpaired) electrons. The van der Waals surface area contributed by atoms with E-state index in [4.69, 9.17) is 14.4 Å². The van der Waals surface area contributed by atoms with Gasteiger partial charge in [0.15, 0.2) is 9.84 Å². The fourth-order valence-corrected chi connectivity index (χ4v) is 5.38. The predicted octanol–water partition coefficient (Wildman–Crippen LogP) is 3.24. The fraction of sp³-hybridized carbons (Fsp3) is 0.158. The van der Waals surface area contributed by atoms with E-state index in [-0.39, 0.29) is 33.1 Å². The van der Waals surface area contributed by atoms with Crippen LogP contribution < -0.4 is 5.32 Å². The molecule has 0 spiro atoms. The number of fused-ring (bicyclic) bond motifs is 1. The molecule has 0 aliphatic heterocycles. The Hall–Kier alpha value is -2.92. The molecule has 0 fully saturated rings. The van der Waals surface area contributed by atoms with Gasteiger partial charge in [-0.3, -0.25) is 9.11 Å². The standard InChI is InChI=1S/C19H19N3O13S4/c23-17-10-14(36-35-34-24)9-12-1-6-16(20-11-38(27,28)29)19(18(12)17)22-21-13-2-4-15(5-3-13)37(25,26)8-7-33-39(30,31)32/h1-6,9-10,20,23-24H,7-8,11H2,(H,27,28,29)(H,30,31,32). The van der Waals surface area contributed by atoms with Crippen molar-refractivity contribution < 1.29 is 58.3 Å². The number of phenols is 1. The van der Waals surface area contributed by atoms with Crippen LogP contribution in [0.2, 0.25) is 0 Å². The number of sulfone groups is 1.